The smallest absolute Gasteiger partial charge is 0.266 e. The van der Waals surface area contributed by atoms with Crippen LogP contribution in [0.3, 0.4) is 0 Å². The summed E-state index contributed by atoms with van der Waals surface area (Å²) >= 11 is 6.31. The molecule has 0 N–H and O–H groups in total. The molecule has 1 aliphatic rings. The molecule has 1 heterocycles. The van der Waals surface area contributed by atoms with Gasteiger partial charge in [0.25, 0.3) is 5.91 Å². The van der Waals surface area contributed by atoms with Crippen molar-refractivity contribution in [2.75, 3.05) is 0 Å². The fourth-order valence-electron chi connectivity index (χ4n) is 2.19. The Balaban J connectivity index is 2.27. The Morgan fingerprint density at radius 1 is 1.41 bits per heavy atom. The van der Waals surface area contributed by atoms with Gasteiger partial charge in [-0.25, -0.2) is 0 Å². The van der Waals surface area contributed by atoms with E-state index in [0.29, 0.717) is 17.7 Å². The number of hydrogen-bond donors (Lipinski definition) is 0. The lowest BCUT2D eigenvalue weighted by Crippen LogP contribution is -2.49. The van der Waals surface area contributed by atoms with Crippen molar-refractivity contribution in [3.05, 3.63) is 40.3 Å². The number of carboxylic acids is 1. The molecule has 1 saturated heterocycles. The van der Waals surface area contributed by atoms with Crippen LogP contribution >= 0.6 is 24.0 Å². The van der Waals surface area contributed by atoms with Crippen LogP contribution in [0.25, 0.3) is 6.08 Å². The quantitative estimate of drug-likeness (QED) is 0.610. The van der Waals surface area contributed by atoms with Crippen molar-refractivity contribution < 1.29 is 14.7 Å². The number of rotatable bonds is 5. The van der Waals surface area contributed by atoms with Crippen molar-refractivity contribution in [3.63, 3.8) is 0 Å². The lowest BCUT2D eigenvalue weighted by molar-refractivity contribution is -0.310. The summed E-state index contributed by atoms with van der Waals surface area (Å²) in [7, 11) is 0. The highest BCUT2D eigenvalue weighted by molar-refractivity contribution is 8.26. The average Bonchev–Trinajstić information content (AvgIpc) is 2.73. The number of thioether (sulfide) groups is 1. The van der Waals surface area contributed by atoms with Crippen LogP contribution in [0, 0.1) is 6.92 Å². The van der Waals surface area contributed by atoms with Gasteiger partial charge in [-0.05, 0) is 25.0 Å². The molecule has 1 fully saturated rings. The second-order valence-corrected chi connectivity index (χ2v) is 6.76. The third-order valence-corrected chi connectivity index (χ3v) is 4.67. The minimum Gasteiger partial charge on any atom is -0.548 e. The normalized spacial score (nSPS) is 18.1. The molecule has 0 unspecified atom stereocenters. The summed E-state index contributed by atoms with van der Waals surface area (Å²) in [5, 5.41) is 11.3. The van der Waals surface area contributed by atoms with Gasteiger partial charge in [-0.1, -0.05) is 67.2 Å². The zero-order valence-corrected chi connectivity index (χ0v) is 14.0. The summed E-state index contributed by atoms with van der Waals surface area (Å²) < 4.78 is 0.269. The first-order valence-electron chi connectivity index (χ1n) is 6.98. The first kappa shape index (κ1) is 16.7. The van der Waals surface area contributed by atoms with Gasteiger partial charge >= 0.3 is 0 Å². The second kappa shape index (κ2) is 7.07. The first-order valence-corrected chi connectivity index (χ1v) is 8.21. The minimum absolute atomic E-state index is 0.269. The number of aliphatic carboxylic acids is 1. The third-order valence-electron chi connectivity index (χ3n) is 3.34. The Kier molecular flexibility index (Phi) is 5.37. The molecule has 0 aromatic heterocycles. The Labute approximate surface area is 139 Å². The molecule has 1 aromatic rings. The molecular weight excluding hydrogens is 318 g/mol. The van der Waals surface area contributed by atoms with E-state index in [1.165, 1.54) is 4.90 Å². The van der Waals surface area contributed by atoms with Crippen LogP contribution < -0.4 is 5.11 Å². The molecule has 1 amide bonds. The van der Waals surface area contributed by atoms with Gasteiger partial charge in [0.05, 0.1) is 16.9 Å². The van der Waals surface area contributed by atoms with Crippen LogP contribution in [-0.2, 0) is 9.59 Å². The predicted octanol–water partition coefficient (Wildman–Crippen LogP) is 2.11. The van der Waals surface area contributed by atoms with Crippen molar-refractivity contribution in [2.45, 2.75) is 32.7 Å². The molecule has 4 nitrogen and oxygen atoms in total. The van der Waals surface area contributed by atoms with Gasteiger partial charge in [-0.2, -0.15) is 0 Å². The van der Waals surface area contributed by atoms with Crippen molar-refractivity contribution in [3.8, 4) is 0 Å². The molecule has 0 aliphatic carbocycles. The topological polar surface area (TPSA) is 60.4 Å². The summed E-state index contributed by atoms with van der Waals surface area (Å²) in [6.45, 7) is 3.84. The van der Waals surface area contributed by atoms with E-state index in [-0.39, 0.29) is 10.2 Å². The molecule has 0 spiro atoms. The molecule has 116 valence electrons. The summed E-state index contributed by atoms with van der Waals surface area (Å²) in [5.74, 6) is -1.63. The van der Waals surface area contributed by atoms with E-state index in [1.54, 1.807) is 6.08 Å². The van der Waals surface area contributed by atoms with E-state index in [4.69, 9.17) is 12.2 Å². The lowest BCUT2D eigenvalue weighted by atomic mass is 10.1. The van der Waals surface area contributed by atoms with Crippen LogP contribution in [-0.4, -0.2) is 27.1 Å². The summed E-state index contributed by atoms with van der Waals surface area (Å²) in [6.07, 6.45) is 2.69. The van der Waals surface area contributed by atoms with Crippen molar-refractivity contribution >= 4 is 46.3 Å². The number of carbonyl (C=O) groups is 2. The Morgan fingerprint density at radius 3 is 2.59 bits per heavy atom. The molecule has 1 aliphatic heterocycles. The third kappa shape index (κ3) is 3.56. The SMILES string of the molecule is CCC[C@H](C(=O)[O-])N1C(=O)/C(=C/c2ccc(C)cc2)SC1=S. The number of carbonyl (C=O) groups excluding carboxylic acids is 2. The highest BCUT2D eigenvalue weighted by atomic mass is 32.2. The van der Waals surface area contributed by atoms with E-state index >= 15 is 0 Å². The van der Waals surface area contributed by atoms with E-state index in [1.807, 2.05) is 38.1 Å². The number of hydrogen-bond acceptors (Lipinski definition) is 5. The highest BCUT2D eigenvalue weighted by Gasteiger charge is 2.37. The number of thiocarbonyl (C=S) groups is 1. The predicted molar refractivity (Wildman–Crippen MR) is 89.9 cm³/mol. The van der Waals surface area contributed by atoms with Gasteiger partial charge < -0.3 is 9.90 Å². The number of aryl methyl sites for hydroxylation is 1. The van der Waals surface area contributed by atoms with Crippen molar-refractivity contribution in [1.82, 2.24) is 4.90 Å². The Morgan fingerprint density at radius 2 is 2.05 bits per heavy atom. The highest BCUT2D eigenvalue weighted by Crippen LogP contribution is 2.34. The van der Waals surface area contributed by atoms with Crippen molar-refractivity contribution in [2.24, 2.45) is 0 Å². The van der Waals surface area contributed by atoms with Crippen LogP contribution in [0.1, 0.15) is 30.9 Å². The zero-order valence-electron chi connectivity index (χ0n) is 12.4. The van der Waals surface area contributed by atoms with Gasteiger partial charge in [0.2, 0.25) is 0 Å². The maximum Gasteiger partial charge on any atom is 0.266 e. The number of nitrogens with zero attached hydrogens (tertiary/aromatic N) is 1. The lowest BCUT2D eigenvalue weighted by Gasteiger charge is -2.27. The molecule has 22 heavy (non-hydrogen) atoms. The van der Waals surface area contributed by atoms with Gasteiger partial charge in [0.15, 0.2) is 0 Å². The van der Waals surface area contributed by atoms with E-state index < -0.39 is 12.0 Å². The number of benzene rings is 1. The Bertz CT molecular complexity index is 637. The van der Waals surface area contributed by atoms with Crippen LogP contribution in [0.4, 0.5) is 0 Å². The van der Waals surface area contributed by atoms with Gasteiger partial charge in [-0.15, -0.1) is 0 Å². The van der Waals surface area contributed by atoms with Crippen LogP contribution in [0.2, 0.25) is 0 Å². The van der Waals surface area contributed by atoms with Gasteiger partial charge in [-0.3, -0.25) is 9.69 Å². The molecule has 0 radical (unpaired) electrons. The summed E-state index contributed by atoms with van der Waals surface area (Å²) in [6, 6.07) is 6.72. The molecule has 6 heteroatoms. The maximum atomic E-state index is 12.5. The van der Waals surface area contributed by atoms with E-state index in [0.717, 1.165) is 22.9 Å². The molecule has 0 bridgehead atoms. The standard InChI is InChI=1S/C16H17NO3S2/c1-3-4-12(15(19)20)17-14(18)13(22-16(17)21)9-11-7-5-10(2)6-8-11/h5-9,12H,3-4H2,1-2H3,(H,19,20)/p-1/b13-9-/t12-/m1/s1. The summed E-state index contributed by atoms with van der Waals surface area (Å²) in [4.78, 5) is 25.3. The molecule has 1 aromatic carbocycles. The fourth-order valence-corrected chi connectivity index (χ4v) is 3.55. The van der Waals surface area contributed by atoms with Gasteiger partial charge in [0, 0.05) is 0 Å². The van der Waals surface area contributed by atoms with E-state index in [2.05, 4.69) is 0 Å². The fraction of sp³-hybridized carbons (Fsp3) is 0.312. The zero-order chi connectivity index (χ0) is 16.3. The maximum absolute atomic E-state index is 12.5. The second-order valence-electron chi connectivity index (χ2n) is 5.09. The number of carboxylic acid groups (broad SMARTS) is 1. The first-order chi connectivity index (χ1) is 10.4. The Hall–Kier alpha value is -1.66. The average molecular weight is 334 g/mol. The van der Waals surface area contributed by atoms with Gasteiger partial charge in [0.1, 0.15) is 4.32 Å². The monoisotopic (exact) mass is 334 g/mol. The molecular formula is C16H16NO3S2-. The van der Waals surface area contributed by atoms with Crippen LogP contribution in [0.15, 0.2) is 29.2 Å². The molecule has 1 atom stereocenters. The minimum atomic E-state index is -1.27. The molecule has 2 rings (SSSR count). The molecule has 0 saturated carbocycles. The van der Waals surface area contributed by atoms with Crippen LogP contribution in [0.5, 0.6) is 0 Å². The largest absolute Gasteiger partial charge is 0.548 e. The number of amides is 1. The van der Waals surface area contributed by atoms with Crippen molar-refractivity contribution in [1.29, 1.82) is 0 Å². The summed E-state index contributed by atoms with van der Waals surface area (Å²) in [5.41, 5.74) is 2.01. The van der Waals surface area contributed by atoms with E-state index in [9.17, 15) is 14.7 Å².